The van der Waals surface area contributed by atoms with Gasteiger partial charge in [0.2, 0.25) is 0 Å². The zero-order valence-electron chi connectivity index (χ0n) is 39.1. The molecule has 0 unspecified atom stereocenters. The summed E-state index contributed by atoms with van der Waals surface area (Å²) >= 11 is 0. The van der Waals surface area contributed by atoms with Gasteiger partial charge in [-0.15, -0.1) is 0 Å². The number of anilines is 4. The molecule has 0 saturated carbocycles. The molecular formula is C57H61N5O. The van der Waals surface area contributed by atoms with Crippen LogP contribution in [0.3, 0.4) is 0 Å². The fourth-order valence-electron chi connectivity index (χ4n) is 9.51. The third kappa shape index (κ3) is 7.64. The monoisotopic (exact) mass is 831 g/mol. The standard InChI is InChI=1S/C57H61N5O/c1-35(2)47-28-39(54-37(5)26-41(27-38(54)6)57(10,11)12)29-48(36(3)4)55(47)61-34-60(52-33-58-24-23-50(52)61)42-16-15-17-43(31-42)63-44-20-21-46-45-18-13-14-19-49(45)62(51(46)32-44)53-30-40(22-25-59-53)56(7,8)9/h13-33,35-36H,34H2,1-12H3. The van der Waals surface area contributed by atoms with E-state index in [0.29, 0.717) is 18.5 Å². The van der Waals surface area contributed by atoms with E-state index in [9.17, 15) is 0 Å². The second-order valence-electron chi connectivity index (χ2n) is 20.2. The number of nitrogens with zero attached hydrogens (tertiary/aromatic N) is 5. The summed E-state index contributed by atoms with van der Waals surface area (Å²) in [5.41, 5.74) is 17.4. The lowest BCUT2D eigenvalue weighted by Gasteiger charge is -2.30. The molecule has 63 heavy (non-hydrogen) atoms. The van der Waals surface area contributed by atoms with E-state index < -0.39 is 0 Å². The number of fused-ring (bicyclic) bond motifs is 4. The van der Waals surface area contributed by atoms with Gasteiger partial charge in [0.05, 0.1) is 28.6 Å². The van der Waals surface area contributed by atoms with Crippen LogP contribution in [-0.4, -0.2) is 21.2 Å². The van der Waals surface area contributed by atoms with Crippen molar-refractivity contribution in [3.8, 4) is 28.4 Å². The zero-order valence-corrected chi connectivity index (χ0v) is 39.1. The number of ether oxygens (including phenoxy) is 1. The van der Waals surface area contributed by atoms with Crippen LogP contribution in [0, 0.1) is 13.8 Å². The van der Waals surface area contributed by atoms with E-state index in [-0.39, 0.29) is 10.8 Å². The lowest BCUT2D eigenvalue weighted by atomic mass is 9.81. The van der Waals surface area contributed by atoms with Gasteiger partial charge in [0.15, 0.2) is 0 Å². The minimum atomic E-state index is -0.00544. The van der Waals surface area contributed by atoms with Crippen molar-refractivity contribution in [2.45, 2.75) is 106 Å². The van der Waals surface area contributed by atoms with Crippen molar-refractivity contribution in [3.05, 3.63) is 161 Å². The van der Waals surface area contributed by atoms with Crippen molar-refractivity contribution in [2.75, 3.05) is 16.5 Å². The van der Waals surface area contributed by atoms with Gasteiger partial charge in [0.25, 0.3) is 0 Å². The molecule has 0 aliphatic carbocycles. The van der Waals surface area contributed by atoms with E-state index >= 15 is 0 Å². The second kappa shape index (κ2) is 15.7. The number of hydrogen-bond acceptors (Lipinski definition) is 5. The van der Waals surface area contributed by atoms with Gasteiger partial charge in [-0.3, -0.25) is 9.55 Å². The number of aromatic nitrogens is 3. The van der Waals surface area contributed by atoms with Crippen molar-refractivity contribution < 1.29 is 4.74 Å². The first-order chi connectivity index (χ1) is 30.0. The average molecular weight is 832 g/mol. The van der Waals surface area contributed by atoms with Gasteiger partial charge in [0, 0.05) is 46.7 Å². The van der Waals surface area contributed by atoms with Gasteiger partial charge in [-0.05, 0) is 142 Å². The Morgan fingerprint density at radius 1 is 0.587 bits per heavy atom. The van der Waals surface area contributed by atoms with Gasteiger partial charge < -0.3 is 14.5 Å². The number of benzene rings is 5. The summed E-state index contributed by atoms with van der Waals surface area (Å²) in [4.78, 5) is 14.4. The van der Waals surface area contributed by atoms with Gasteiger partial charge in [0.1, 0.15) is 24.0 Å². The van der Waals surface area contributed by atoms with Crippen molar-refractivity contribution in [1.29, 1.82) is 0 Å². The molecular weight excluding hydrogens is 771 g/mol. The Hall–Kier alpha value is -6.40. The van der Waals surface area contributed by atoms with E-state index in [1.54, 1.807) is 0 Å². The number of pyridine rings is 2. The predicted molar refractivity (Wildman–Crippen MR) is 265 cm³/mol. The van der Waals surface area contributed by atoms with E-state index in [1.165, 1.54) is 55.6 Å². The van der Waals surface area contributed by atoms with Crippen molar-refractivity contribution >= 4 is 44.6 Å². The number of para-hydroxylation sites is 1. The lowest BCUT2D eigenvalue weighted by Crippen LogP contribution is -2.26. The maximum absolute atomic E-state index is 6.76. The predicted octanol–water partition coefficient (Wildman–Crippen LogP) is 15.7. The fourth-order valence-corrected chi connectivity index (χ4v) is 9.51. The highest BCUT2D eigenvalue weighted by atomic mass is 16.5. The molecule has 1 aliphatic heterocycles. The highest BCUT2D eigenvalue weighted by molar-refractivity contribution is 6.09. The topological polar surface area (TPSA) is 46.4 Å². The first-order valence-corrected chi connectivity index (χ1v) is 22.5. The summed E-state index contributed by atoms with van der Waals surface area (Å²) in [6.45, 7) is 28.1. The molecule has 1 aliphatic rings. The summed E-state index contributed by atoms with van der Waals surface area (Å²) in [6, 6.07) is 39.6. The molecule has 0 atom stereocenters. The smallest absolute Gasteiger partial charge is 0.137 e. The molecule has 0 spiro atoms. The maximum atomic E-state index is 6.76. The number of hydrogen-bond donors (Lipinski definition) is 0. The Morgan fingerprint density at radius 2 is 1.25 bits per heavy atom. The van der Waals surface area contributed by atoms with Crippen LogP contribution in [0.15, 0.2) is 128 Å². The molecule has 0 saturated heterocycles. The average Bonchev–Trinajstić information content (AvgIpc) is 3.78. The molecule has 3 aromatic heterocycles. The Kier molecular flexibility index (Phi) is 10.5. The zero-order chi connectivity index (χ0) is 44.5. The van der Waals surface area contributed by atoms with Gasteiger partial charge >= 0.3 is 0 Å². The highest BCUT2D eigenvalue weighted by Gasteiger charge is 2.33. The largest absolute Gasteiger partial charge is 0.457 e. The summed E-state index contributed by atoms with van der Waals surface area (Å²) in [6.07, 6.45) is 5.84. The van der Waals surface area contributed by atoms with Crippen LogP contribution < -0.4 is 14.5 Å². The highest BCUT2D eigenvalue weighted by Crippen LogP contribution is 2.50. The Morgan fingerprint density at radius 3 is 1.94 bits per heavy atom. The summed E-state index contributed by atoms with van der Waals surface area (Å²) in [5, 5.41) is 2.35. The SMILES string of the molecule is Cc1cc(C(C)(C)C)cc(C)c1-c1cc(C(C)C)c(N2CN(c3cccc(Oc4ccc5c6ccccc6n(-c6cc(C(C)(C)C)ccn6)c5c4)c3)c3cnccc32)c(C(C)C)c1. The van der Waals surface area contributed by atoms with Crippen LogP contribution in [0.25, 0.3) is 38.8 Å². The normalized spacial score (nSPS) is 13.2. The molecule has 0 radical (unpaired) electrons. The van der Waals surface area contributed by atoms with E-state index in [0.717, 1.165) is 50.8 Å². The molecule has 0 fully saturated rings. The van der Waals surface area contributed by atoms with Crippen LogP contribution in [0.5, 0.6) is 11.5 Å². The molecule has 320 valence electrons. The van der Waals surface area contributed by atoms with Crippen LogP contribution in [0.1, 0.15) is 114 Å². The minimum Gasteiger partial charge on any atom is -0.457 e. The van der Waals surface area contributed by atoms with Crippen molar-refractivity contribution in [3.63, 3.8) is 0 Å². The lowest BCUT2D eigenvalue weighted by molar-refractivity contribution is 0.483. The van der Waals surface area contributed by atoms with Crippen LogP contribution in [-0.2, 0) is 10.8 Å². The third-order valence-corrected chi connectivity index (χ3v) is 12.9. The minimum absolute atomic E-state index is 0.00544. The molecule has 9 rings (SSSR count). The van der Waals surface area contributed by atoms with E-state index in [4.69, 9.17) is 9.72 Å². The maximum Gasteiger partial charge on any atom is 0.137 e. The van der Waals surface area contributed by atoms with E-state index in [2.05, 4.69) is 206 Å². The van der Waals surface area contributed by atoms with Gasteiger partial charge in [-0.25, -0.2) is 4.98 Å². The van der Waals surface area contributed by atoms with Gasteiger partial charge in [-0.1, -0.05) is 106 Å². The molecule has 0 amide bonds. The molecule has 8 aromatic rings. The van der Waals surface area contributed by atoms with E-state index in [1.807, 2.05) is 24.7 Å². The quantitative estimate of drug-likeness (QED) is 0.153. The first-order valence-electron chi connectivity index (χ1n) is 22.5. The Bertz CT molecular complexity index is 2980. The van der Waals surface area contributed by atoms with Crippen LogP contribution in [0.2, 0.25) is 0 Å². The number of aryl methyl sites for hydroxylation is 2. The number of rotatable bonds is 8. The third-order valence-electron chi connectivity index (χ3n) is 12.9. The Balaban J connectivity index is 1.09. The molecule has 4 heterocycles. The first kappa shape index (κ1) is 41.9. The summed E-state index contributed by atoms with van der Waals surface area (Å²) in [7, 11) is 0. The second-order valence-corrected chi connectivity index (χ2v) is 20.2. The summed E-state index contributed by atoms with van der Waals surface area (Å²) < 4.78 is 9.03. The Labute approximate surface area is 374 Å². The van der Waals surface area contributed by atoms with Crippen molar-refractivity contribution in [2.24, 2.45) is 0 Å². The molecule has 6 heteroatoms. The molecule has 0 N–H and O–H groups in total. The van der Waals surface area contributed by atoms with Gasteiger partial charge in [-0.2, -0.15) is 0 Å². The fraction of sp³-hybridized carbons (Fsp3) is 0.298. The molecule has 6 nitrogen and oxygen atoms in total. The molecule has 5 aromatic carbocycles. The van der Waals surface area contributed by atoms with Crippen molar-refractivity contribution in [1.82, 2.24) is 14.5 Å². The van der Waals surface area contributed by atoms with Crippen LogP contribution >= 0.6 is 0 Å². The molecule has 0 bridgehead atoms. The van der Waals surface area contributed by atoms with Crippen LogP contribution in [0.4, 0.5) is 22.7 Å². The summed E-state index contributed by atoms with van der Waals surface area (Å²) in [5.74, 6) is 3.04.